The first-order valence-corrected chi connectivity index (χ1v) is 6.93. The van der Waals surface area contributed by atoms with E-state index in [0.29, 0.717) is 0 Å². The second kappa shape index (κ2) is 5.47. The molecule has 2 rings (SSSR count). The van der Waals surface area contributed by atoms with E-state index in [1.54, 1.807) is 13.8 Å². The number of amides is 2. The standard InChI is InChI=1S/C13H19F3N2O3/c1-8-10(19)17-12(2,9-3-4-9)11(20)18(8)5-6-21-7-13(14,15)16/h8-9H,3-7H2,1-2H3,(H,17,19). The van der Waals surface area contributed by atoms with Gasteiger partial charge in [-0.3, -0.25) is 9.59 Å². The van der Waals surface area contributed by atoms with Crippen LogP contribution in [0.25, 0.3) is 0 Å². The third kappa shape index (κ3) is 3.48. The van der Waals surface area contributed by atoms with Gasteiger partial charge in [0.1, 0.15) is 18.2 Å². The Morgan fingerprint density at radius 1 is 1.38 bits per heavy atom. The third-order valence-electron chi connectivity index (χ3n) is 4.07. The molecule has 1 N–H and O–H groups in total. The van der Waals surface area contributed by atoms with Gasteiger partial charge in [0.05, 0.1) is 6.61 Å². The van der Waals surface area contributed by atoms with Crippen LogP contribution in [0.5, 0.6) is 0 Å². The van der Waals surface area contributed by atoms with E-state index in [-0.39, 0.29) is 30.9 Å². The second-order valence-electron chi connectivity index (χ2n) is 5.81. The van der Waals surface area contributed by atoms with Gasteiger partial charge in [-0.1, -0.05) is 0 Å². The largest absolute Gasteiger partial charge is 0.411 e. The maximum atomic E-state index is 12.5. The zero-order valence-electron chi connectivity index (χ0n) is 12.0. The van der Waals surface area contributed by atoms with Crippen molar-refractivity contribution in [2.45, 2.75) is 44.4 Å². The van der Waals surface area contributed by atoms with Crippen LogP contribution in [-0.4, -0.2) is 54.2 Å². The number of halogens is 3. The van der Waals surface area contributed by atoms with E-state index < -0.39 is 24.4 Å². The number of hydrogen-bond donors (Lipinski definition) is 1. The zero-order valence-corrected chi connectivity index (χ0v) is 12.0. The fourth-order valence-electron chi connectivity index (χ4n) is 2.61. The molecular weight excluding hydrogens is 289 g/mol. The molecule has 0 spiro atoms. The van der Waals surface area contributed by atoms with Gasteiger partial charge < -0.3 is 15.0 Å². The highest BCUT2D eigenvalue weighted by atomic mass is 19.4. The van der Waals surface area contributed by atoms with Gasteiger partial charge in [0, 0.05) is 6.54 Å². The number of ether oxygens (including phenoxy) is 1. The first-order chi connectivity index (χ1) is 9.65. The average molecular weight is 308 g/mol. The van der Waals surface area contributed by atoms with Crippen LogP contribution in [-0.2, 0) is 14.3 Å². The number of nitrogens with one attached hydrogen (secondary N) is 1. The van der Waals surface area contributed by atoms with Gasteiger partial charge in [-0.15, -0.1) is 0 Å². The van der Waals surface area contributed by atoms with Crippen LogP contribution in [0.4, 0.5) is 13.2 Å². The van der Waals surface area contributed by atoms with Crippen molar-refractivity contribution in [1.29, 1.82) is 0 Å². The van der Waals surface area contributed by atoms with E-state index in [2.05, 4.69) is 10.1 Å². The molecular formula is C13H19F3N2O3. The lowest BCUT2D eigenvalue weighted by atomic mass is 9.90. The average Bonchev–Trinajstić information content (AvgIpc) is 3.19. The van der Waals surface area contributed by atoms with Crippen molar-refractivity contribution in [2.75, 3.05) is 19.8 Å². The number of rotatable bonds is 5. The Kier molecular flexibility index (Phi) is 4.19. The Morgan fingerprint density at radius 2 is 2.00 bits per heavy atom. The van der Waals surface area contributed by atoms with Crippen LogP contribution in [0.3, 0.4) is 0 Å². The minimum absolute atomic E-state index is 0.0220. The van der Waals surface area contributed by atoms with Crippen LogP contribution < -0.4 is 5.32 Å². The van der Waals surface area contributed by atoms with Crippen molar-refractivity contribution in [2.24, 2.45) is 5.92 Å². The Morgan fingerprint density at radius 3 is 2.52 bits per heavy atom. The molecule has 120 valence electrons. The van der Waals surface area contributed by atoms with Crippen molar-refractivity contribution in [3.8, 4) is 0 Å². The summed E-state index contributed by atoms with van der Waals surface area (Å²) in [6.07, 6.45) is -2.65. The van der Waals surface area contributed by atoms with Crippen LogP contribution in [0, 0.1) is 5.92 Å². The summed E-state index contributed by atoms with van der Waals surface area (Å²) in [6, 6.07) is -0.696. The minimum atomic E-state index is -4.39. The topological polar surface area (TPSA) is 58.6 Å². The number of alkyl halides is 3. The van der Waals surface area contributed by atoms with Crippen molar-refractivity contribution < 1.29 is 27.5 Å². The molecule has 2 unspecified atom stereocenters. The van der Waals surface area contributed by atoms with E-state index in [9.17, 15) is 22.8 Å². The molecule has 2 aliphatic rings. The number of carbonyl (C=O) groups excluding carboxylic acids is 2. The van der Waals surface area contributed by atoms with Crippen LogP contribution >= 0.6 is 0 Å². The van der Waals surface area contributed by atoms with Crippen molar-refractivity contribution >= 4 is 11.8 Å². The molecule has 8 heteroatoms. The smallest absolute Gasteiger partial charge is 0.370 e. The molecule has 5 nitrogen and oxygen atoms in total. The van der Waals surface area contributed by atoms with E-state index in [1.807, 2.05) is 0 Å². The second-order valence-corrected chi connectivity index (χ2v) is 5.81. The predicted molar refractivity (Wildman–Crippen MR) is 67.3 cm³/mol. The molecule has 0 bridgehead atoms. The fraction of sp³-hybridized carbons (Fsp3) is 0.846. The minimum Gasteiger partial charge on any atom is -0.370 e. The molecule has 0 aromatic carbocycles. The summed E-state index contributed by atoms with van der Waals surface area (Å²) in [5, 5.41) is 2.75. The van der Waals surface area contributed by atoms with Crippen molar-refractivity contribution in [3.05, 3.63) is 0 Å². The summed E-state index contributed by atoms with van der Waals surface area (Å²) >= 11 is 0. The lowest BCUT2D eigenvalue weighted by Crippen LogP contribution is -2.69. The quantitative estimate of drug-likeness (QED) is 0.773. The molecule has 1 heterocycles. The van der Waals surface area contributed by atoms with E-state index in [4.69, 9.17) is 0 Å². The molecule has 1 saturated carbocycles. The van der Waals surface area contributed by atoms with Crippen LogP contribution in [0.2, 0.25) is 0 Å². The number of piperazine rings is 1. The molecule has 0 aromatic rings. The third-order valence-corrected chi connectivity index (χ3v) is 4.07. The maximum Gasteiger partial charge on any atom is 0.411 e. The zero-order chi connectivity index (χ0) is 15.8. The SMILES string of the molecule is CC1C(=O)NC(C)(C2CC2)C(=O)N1CCOCC(F)(F)F. The van der Waals surface area contributed by atoms with Gasteiger partial charge in [0.2, 0.25) is 11.8 Å². The molecule has 1 aliphatic heterocycles. The first-order valence-electron chi connectivity index (χ1n) is 6.93. The fourth-order valence-corrected chi connectivity index (χ4v) is 2.61. The van der Waals surface area contributed by atoms with Gasteiger partial charge in [-0.25, -0.2) is 0 Å². The summed E-state index contributed by atoms with van der Waals surface area (Å²) in [6.45, 7) is 1.62. The Bertz CT molecular complexity index is 437. The molecule has 2 atom stereocenters. The lowest BCUT2D eigenvalue weighted by molar-refractivity contribution is -0.176. The summed E-state index contributed by atoms with van der Waals surface area (Å²) in [5.74, 6) is -0.410. The van der Waals surface area contributed by atoms with Crippen LogP contribution in [0.15, 0.2) is 0 Å². The van der Waals surface area contributed by atoms with E-state index >= 15 is 0 Å². The monoisotopic (exact) mass is 308 g/mol. The molecule has 0 aromatic heterocycles. The molecule has 1 aliphatic carbocycles. The Balaban J connectivity index is 1.96. The highest BCUT2D eigenvalue weighted by Gasteiger charge is 2.54. The molecule has 21 heavy (non-hydrogen) atoms. The Labute approximate surface area is 120 Å². The molecule has 1 saturated heterocycles. The first kappa shape index (κ1) is 16.1. The molecule has 0 radical (unpaired) electrons. The summed E-state index contributed by atoms with van der Waals surface area (Å²) in [5.41, 5.74) is -0.937. The van der Waals surface area contributed by atoms with E-state index in [1.165, 1.54) is 4.90 Å². The van der Waals surface area contributed by atoms with Crippen molar-refractivity contribution in [3.63, 3.8) is 0 Å². The number of hydrogen-bond acceptors (Lipinski definition) is 3. The van der Waals surface area contributed by atoms with Crippen molar-refractivity contribution in [1.82, 2.24) is 10.2 Å². The van der Waals surface area contributed by atoms with Gasteiger partial charge in [-0.2, -0.15) is 13.2 Å². The highest BCUT2D eigenvalue weighted by molar-refractivity contribution is 5.99. The maximum absolute atomic E-state index is 12.5. The summed E-state index contributed by atoms with van der Waals surface area (Å²) in [7, 11) is 0. The molecule has 2 amide bonds. The molecule has 2 fully saturated rings. The summed E-state index contributed by atoms with van der Waals surface area (Å²) < 4.78 is 40.5. The van der Waals surface area contributed by atoms with Crippen LogP contribution in [0.1, 0.15) is 26.7 Å². The lowest BCUT2D eigenvalue weighted by Gasteiger charge is -2.43. The highest BCUT2D eigenvalue weighted by Crippen LogP contribution is 2.42. The Hall–Kier alpha value is -1.31. The predicted octanol–water partition coefficient (Wildman–Crippen LogP) is 1.08. The normalized spacial score (nSPS) is 30.5. The van der Waals surface area contributed by atoms with Gasteiger partial charge in [0.25, 0.3) is 0 Å². The van der Waals surface area contributed by atoms with Gasteiger partial charge in [0.15, 0.2) is 0 Å². The summed E-state index contributed by atoms with van der Waals surface area (Å²) in [4.78, 5) is 25.8. The van der Waals surface area contributed by atoms with E-state index in [0.717, 1.165) is 12.8 Å². The van der Waals surface area contributed by atoms with Gasteiger partial charge in [-0.05, 0) is 32.6 Å². The number of nitrogens with zero attached hydrogens (tertiary/aromatic N) is 1. The number of carbonyl (C=O) groups is 2. The van der Waals surface area contributed by atoms with Gasteiger partial charge >= 0.3 is 6.18 Å².